The number of rotatable bonds is 3. The van der Waals surface area contributed by atoms with Gasteiger partial charge in [-0.1, -0.05) is 12.1 Å². The fourth-order valence-corrected chi connectivity index (χ4v) is 3.74. The first kappa shape index (κ1) is 17.7. The maximum absolute atomic E-state index is 13.8. The topological polar surface area (TPSA) is 68.3 Å². The predicted octanol–water partition coefficient (Wildman–Crippen LogP) is 3.73. The first-order chi connectivity index (χ1) is 11.7. The number of pyridine rings is 1. The fourth-order valence-electron chi connectivity index (χ4n) is 2.68. The third-order valence-electron chi connectivity index (χ3n) is 4.18. The quantitative estimate of drug-likeness (QED) is 0.899. The Kier molecular flexibility index (Phi) is 4.45. The fraction of sp³-hybridized carbons (Fsp3) is 0.389. The van der Waals surface area contributed by atoms with E-state index in [-0.39, 0.29) is 22.6 Å². The molecule has 0 bridgehead atoms. The summed E-state index contributed by atoms with van der Waals surface area (Å²) in [5.41, 5.74) is 1.42. The molecule has 0 radical (unpaired) electrons. The van der Waals surface area contributed by atoms with Crippen molar-refractivity contribution in [3.8, 4) is 5.75 Å². The Bertz CT molecular complexity index is 874. The van der Waals surface area contributed by atoms with Gasteiger partial charge in [0.15, 0.2) is 26.4 Å². The summed E-state index contributed by atoms with van der Waals surface area (Å²) < 4.78 is 43.2. The van der Waals surface area contributed by atoms with Crippen molar-refractivity contribution in [1.29, 1.82) is 0 Å². The number of para-hydroxylation sites is 1. The minimum absolute atomic E-state index is 0.0453. The van der Waals surface area contributed by atoms with Gasteiger partial charge in [-0.25, -0.2) is 17.8 Å². The molecule has 0 aliphatic carbocycles. The lowest BCUT2D eigenvalue weighted by atomic mass is 10.00. The molecule has 1 aliphatic rings. The monoisotopic (exact) mass is 364 g/mol. The van der Waals surface area contributed by atoms with E-state index in [1.807, 2.05) is 6.07 Å². The van der Waals surface area contributed by atoms with Crippen LogP contribution in [0.1, 0.15) is 38.8 Å². The number of hydrogen-bond donors (Lipinski definition) is 1. The lowest BCUT2D eigenvalue weighted by Gasteiger charge is -2.27. The molecule has 0 unspecified atom stereocenters. The van der Waals surface area contributed by atoms with Crippen LogP contribution in [0.3, 0.4) is 0 Å². The molecule has 5 nitrogen and oxygen atoms in total. The maximum atomic E-state index is 13.8. The zero-order chi connectivity index (χ0) is 18.2. The molecule has 1 aliphatic heterocycles. The van der Waals surface area contributed by atoms with Crippen LogP contribution in [0.2, 0.25) is 0 Å². The molecule has 3 rings (SSSR count). The number of sulfone groups is 1. The summed E-state index contributed by atoms with van der Waals surface area (Å²) in [5, 5.41) is 3.32. The number of nitrogens with zero attached hydrogens (tertiary/aromatic N) is 1. The van der Waals surface area contributed by atoms with E-state index in [0.717, 1.165) is 5.56 Å². The van der Waals surface area contributed by atoms with Crippen LogP contribution >= 0.6 is 0 Å². The molecule has 25 heavy (non-hydrogen) atoms. The van der Waals surface area contributed by atoms with Gasteiger partial charge in [0.1, 0.15) is 0 Å². The van der Waals surface area contributed by atoms with Gasteiger partial charge >= 0.3 is 0 Å². The van der Waals surface area contributed by atoms with Crippen molar-refractivity contribution in [3.63, 3.8) is 0 Å². The Hall–Kier alpha value is -2.15. The van der Waals surface area contributed by atoms with E-state index in [2.05, 4.69) is 10.3 Å². The number of halogens is 1. The first-order valence-electron chi connectivity index (χ1n) is 8.08. The molecule has 2 aromatic rings. The summed E-state index contributed by atoms with van der Waals surface area (Å²) in [4.78, 5) is 4.10. The van der Waals surface area contributed by atoms with Crippen LogP contribution in [0.15, 0.2) is 41.6 Å². The molecule has 0 spiro atoms. The molecule has 7 heteroatoms. The summed E-state index contributed by atoms with van der Waals surface area (Å²) in [6.07, 6.45) is 2.17. The van der Waals surface area contributed by atoms with Gasteiger partial charge in [0, 0.05) is 12.0 Å². The molecule has 2 heterocycles. The van der Waals surface area contributed by atoms with Crippen molar-refractivity contribution < 1.29 is 17.5 Å². The Morgan fingerprint density at radius 3 is 2.64 bits per heavy atom. The minimum atomic E-state index is -3.49. The molecular weight excluding hydrogens is 343 g/mol. The van der Waals surface area contributed by atoms with Gasteiger partial charge in [0.05, 0.1) is 29.3 Å². The van der Waals surface area contributed by atoms with Crippen LogP contribution < -0.4 is 10.1 Å². The van der Waals surface area contributed by atoms with Crippen LogP contribution in [-0.2, 0) is 9.84 Å². The average Bonchev–Trinajstić information content (AvgIpc) is 2.55. The normalized spacial score (nSPS) is 17.5. The second-order valence-corrected chi connectivity index (χ2v) is 9.64. The molecule has 0 amide bonds. The Morgan fingerprint density at radius 2 is 2.00 bits per heavy atom. The highest BCUT2D eigenvalue weighted by molar-refractivity contribution is 7.92. The third-order valence-corrected chi connectivity index (χ3v) is 6.59. The van der Waals surface area contributed by atoms with E-state index < -0.39 is 14.6 Å². The molecule has 1 aromatic heterocycles. The van der Waals surface area contributed by atoms with Crippen molar-refractivity contribution in [2.24, 2.45) is 0 Å². The van der Waals surface area contributed by atoms with Gasteiger partial charge in [-0.05, 0) is 39.0 Å². The number of nitrogens with one attached hydrogen (secondary N) is 1. The van der Waals surface area contributed by atoms with Gasteiger partial charge in [0.2, 0.25) is 0 Å². The van der Waals surface area contributed by atoms with Gasteiger partial charge in [0.25, 0.3) is 0 Å². The van der Waals surface area contributed by atoms with Crippen LogP contribution in [0.5, 0.6) is 5.75 Å². The SMILES string of the molecule is CC(C)(C)S(=O)(=O)c1ccc(N[C@H]2CCOc3c(F)cccc32)cn1. The molecule has 1 aromatic carbocycles. The van der Waals surface area contributed by atoms with Crippen molar-refractivity contribution in [2.75, 3.05) is 11.9 Å². The molecule has 0 fully saturated rings. The van der Waals surface area contributed by atoms with Crippen molar-refractivity contribution in [2.45, 2.75) is 43.0 Å². The van der Waals surface area contributed by atoms with E-state index in [4.69, 9.17) is 4.74 Å². The number of hydrogen-bond acceptors (Lipinski definition) is 5. The highest BCUT2D eigenvalue weighted by Crippen LogP contribution is 2.36. The maximum Gasteiger partial charge on any atom is 0.200 e. The van der Waals surface area contributed by atoms with Crippen LogP contribution in [0.25, 0.3) is 0 Å². The van der Waals surface area contributed by atoms with Crippen molar-refractivity contribution >= 4 is 15.5 Å². The first-order valence-corrected chi connectivity index (χ1v) is 9.57. The predicted molar refractivity (Wildman–Crippen MR) is 94.1 cm³/mol. The Balaban J connectivity index is 1.84. The summed E-state index contributed by atoms with van der Waals surface area (Å²) in [6, 6.07) is 7.89. The number of benzene rings is 1. The average molecular weight is 364 g/mol. The second-order valence-electron chi connectivity index (χ2n) is 6.99. The standard InChI is InChI=1S/C18H21FN2O3S/c1-18(2,3)25(22,23)16-8-7-12(11-20-16)21-15-9-10-24-17-13(15)5-4-6-14(17)19/h4-8,11,15,21H,9-10H2,1-3H3/t15-/m0/s1. The molecule has 1 atom stereocenters. The summed E-state index contributed by atoms with van der Waals surface area (Å²) in [5.74, 6) is -0.111. The smallest absolute Gasteiger partial charge is 0.200 e. The van der Waals surface area contributed by atoms with Crippen LogP contribution in [0.4, 0.5) is 10.1 Å². The zero-order valence-corrected chi connectivity index (χ0v) is 15.2. The van der Waals surface area contributed by atoms with E-state index in [9.17, 15) is 12.8 Å². The van der Waals surface area contributed by atoms with Gasteiger partial charge in [-0.3, -0.25) is 0 Å². The number of aromatic nitrogens is 1. The molecule has 0 saturated carbocycles. The number of anilines is 1. The highest BCUT2D eigenvalue weighted by Gasteiger charge is 2.32. The van der Waals surface area contributed by atoms with Gasteiger partial charge in [-0.2, -0.15) is 0 Å². The second kappa shape index (κ2) is 6.29. The number of ether oxygens (including phenoxy) is 1. The van der Waals surface area contributed by atoms with E-state index >= 15 is 0 Å². The Morgan fingerprint density at radius 1 is 1.24 bits per heavy atom. The highest BCUT2D eigenvalue weighted by atomic mass is 32.2. The molecule has 0 saturated heterocycles. The minimum Gasteiger partial charge on any atom is -0.490 e. The van der Waals surface area contributed by atoms with Crippen molar-refractivity contribution in [3.05, 3.63) is 47.9 Å². The van der Waals surface area contributed by atoms with Crippen LogP contribution in [0, 0.1) is 5.82 Å². The third kappa shape index (κ3) is 3.33. The zero-order valence-electron chi connectivity index (χ0n) is 14.4. The Labute approximate surface area is 147 Å². The lowest BCUT2D eigenvalue weighted by molar-refractivity contribution is 0.260. The van der Waals surface area contributed by atoms with Crippen LogP contribution in [-0.4, -0.2) is 24.8 Å². The lowest BCUT2D eigenvalue weighted by Crippen LogP contribution is -2.28. The van der Waals surface area contributed by atoms with Crippen molar-refractivity contribution in [1.82, 2.24) is 4.98 Å². The van der Waals surface area contributed by atoms with E-state index in [0.29, 0.717) is 18.7 Å². The van der Waals surface area contributed by atoms with E-state index in [1.165, 1.54) is 18.3 Å². The molecule has 1 N–H and O–H groups in total. The largest absolute Gasteiger partial charge is 0.490 e. The van der Waals surface area contributed by atoms with E-state index in [1.54, 1.807) is 32.9 Å². The summed E-state index contributed by atoms with van der Waals surface area (Å²) >= 11 is 0. The number of fused-ring (bicyclic) bond motifs is 1. The van der Waals surface area contributed by atoms with Gasteiger partial charge < -0.3 is 10.1 Å². The molecule has 134 valence electrons. The van der Waals surface area contributed by atoms with Gasteiger partial charge in [-0.15, -0.1) is 0 Å². The summed E-state index contributed by atoms with van der Waals surface area (Å²) in [6.45, 7) is 5.34. The molecular formula is C18H21FN2O3S. The summed E-state index contributed by atoms with van der Waals surface area (Å²) in [7, 11) is -3.49.